The molecule has 2 heterocycles. The molecule has 1 unspecified atom stereocenters. The van der Waals surface area contributed by atoms with E-state index < -0.39 is 6.04 Å². The van der Waals surface area contributed by atoms with Crippen LogP contribution < -0.4 is 16.0 Å². The van der Waals surface area contributed by atoms with E-state index in [-0.39, 0.29) is 36.6 Å². The van der Waals surface area contributed by atoms with Crippen molar-refractivity contribution in [2.75, 3.05) is 5.32 Å². The Morgan fingerprint density at radius 1 is 1.16 bits per heavy atom. The minimum Gasteiger partial charge on any atom is -0.356 e. The Bertz CT molecular complexity index is 1240. The molecule has 4 N–H and O–H groups in total. The molecule has 2 aliphatic rings. The number of hydrogen-bond donors (Lipinski definition) is 4. The maximum atomic E-state index is 12.7. The van der Waals surface area contributed by atoms with E-state index in [2.05, 4.69) is 20.9 Å². The average molecular weight is 451 g/mol. The van der Waals surface area contributed by atoms with Crippen LogP contribution in [0.4, 0.5) is 5.69 Å². The van der Waals surface area contributed by atoms with Gasteiger partial charge in [-0.3, -0.25) is 14.4 Å². The van der Waals surface area contributed by atoms with Crippen molar-refractivity contribution in [2.45, 2.75) is 44.2 Å². The molecule has 2 atom stereocenters. The van der Waals surface area contributed by atoms with Crippen molar-refractivity contribution >= 4 is 45.9 Å². The minimum absolute atomic E-state index is 0.112. The van der Waals surface area contributed by atoms with Crippen LogP contribution in [-0.4, -0.2) is 28.7 Å². The van der Waals surface area contributed by atoms with Gasteiger partial charge in [-0.25, -0.2) is 0 Å². The molecule has 1 aliphatic carbocycles. The molecule has 3 aromatic rings. The third-order valence-corrected chi connectivity index (χ3v) is 6.45. The van der Waals surface area contributed by atoms with Crippen molar-refractivity contribution in [1.82, 2.24) is 15.6 Å². The number of amides is 3. The number of aromatic amines is 1. The molecule has 3 amide bonds. The topological polar surface area (TPSA) is 103 Å². The number of aromatic nitrogens is 1. The fourth-order valence-corrected chi connectivity index (χ4v) is 4.81. The van der Waals surface area contributed by atoms with E-state index in [1.165, 1.54) is 5.56 Å². The summed E-state index contributed by atoms with van der Waals surface area (Å²) in [5, 5.41) is 10.4. The maximum absolute atomic E-state index is 12.7. The van der Waals surface area contributed by atoms with Gasteiger partial charge in [0.05, 0.1) is 17.3 Å². The lowest BCUT2D eigenvalue weighted by molar-refractivity contribution is -0.122. The van der Waals surface area contributed by atoms with Crippen LogP contribution in [0.25, 0.3) is 10.9 Å². The van der Waals surface area contributed by atoms with Crippen LogP contribution in [0.5, 0.6) is 0 Å². The van der Waals surface area contributed by atoms with E-state index in [0.29, 0.717) is 16.3 Å². The molecule has 1 aliphatic heterocycles. The summed E-state index contributed by atoms with van der Waals surface area (Å²) >= 11 is 6.17. The van der Waals surface area contributed by atoms with Gasteiger partial charge < -0.3 is 20.9 Å². The van der Waals surface area contributed by atoms with Gasteiger partial charge in [-0.2, -0.15) is 0 Å². The number of hydrogen-bond acceptors (Lipinski definition) is 3. The van der Waals surface area contributed by atoms with Gasteiger partial charge >= 0.3 is 0 Å². The number of nitrogens with one attached hydrogen (secondary N) is 4. The summed E-state index contributed by atoms with van der Waals surface area (Å²) in [5.41, 5.74) is 4.14. The number of carbonyl (C=O) groups is 3. The average Bonchev–Trinajstić information content (AvgIpc) is 3.10. The Kier molecular flexibility index (Phi) is 5.35. The molecule has 0 fully saturated rings. The summed E-state index contributed by atoms with van der Waals surface area (Å²) in [6.07, 6.45) is 3.11. The largest absolute Gasteiger partial charge is 0.356 e. The van der Waals surface area contributed by atoms with Crippen LogP contribution in [0, 0.1) is 0 Å². The minimum atomic E-state index is -0.766. The zero-order valence-electron chi connectivity index (χ0n) is 17.3. The molecule has 32 heavy (non-hydrogen) atoms. The Labute approximate surface area is 189 Å². The first-order valence-corrected chi connectivity index (χ1v) is 11.2. The number of aryl methyl sites for hydroxylation is 1. The molecular weight excluding hydrogens is 428 g/mol. The molecule has 0 radical (unpaired) electrons. The summed E-state index contributed by atoms with van der Waals surface area (Å²) < 4.78 is 0. The van der Waals surface area contributed by atoms with Crippen LogP contribution in [0.15, 0.2) is 42.5 Å². The van der Waals surface area contributed by atoms with E-state index in [0.717, 1.165) is 35.9 Å². The first-order chi connectivity index (χ1) is 15.5. The summed E-state index contributed by atoms with van der Waals surface area (Å²) in [7, 11) is 0. The molecule has 0 bridgehead atoms. The molecule has 8 heteroatoms. The van der Waals surface area contributed by atoms with Gasteiger partial charge in [0.1, 0.15) is 6.04 Å². The lowest BCUT2D eigenvalue weighted by atomic mass is 9.91. The fraction of sp³-hybridized carbons (Fsp3) is 0.292. The third-order valence-electron chi connectivity index (χ3n) is 6.22. The smallest absolute Gasteiger partial charge is 0.254 e. The van der Waals surface area contributed by atoms with E-state index >= 15 is 0 Å². The molecule has 1 aromatic heterocycles. The van der Waals surface area contributed by atoms with Crippen molar-refractivity contribution in [3.05, 3.63) is 64.3 Å². The van der Waals surface area contributed by atoms with Gasteiger partial charge in [0.15, 0.2) is 0 Å². The normalized spacial score (nSPS) is 20.0. The second-order valence-electron chi connectivity index (χ2n) is 8.32. The first-order valence-electron chi connectivity index (χ1n) is 10.8. The van der Waals surface area contributed by atoms with E-state index in [9.17, 15) is 14.4 Å². The molecular formula is C24H23ClN4O3. The fourth-order valence-electron chi connectivity index (χ4n) is 4.64. The molecule has 2 aromatic carbocycles. The second kappa shape index (κ2) is 8.31. The predicted molar refractivity (Wildman–Crippen MR) is 123 cm³/mol. The summed E-state index contributed by atoms with van der Waals surface area (Å²) in [6, 6.07) is 11.7. The monoisotopic (exact) mass is 450 g/mol. The second-order valence-corrected chi connectivity index (χ2v) is 8.76. The summed E-state index contributed by atoms with van der Waals surface area (Å²) in [6.45, 7) is 0. The predicted octanol–water partition coefficient (Wildman–Crippen LogP) is 3.85. The van der Waals surface area contributed by atoms with Crippen molar-refractivity contribution in [1.29, 1.82) is 0 Å². The highest BCUT2D eigenvalue weighted by Crippen LogP contribution is 2.35. The zero-order valence-corrected chi connectivity index (χ0v) is 18.1. The zero-order chi connectivity index (χ0) is 22.2. The van der Waals surface area contributed by atoms with Gasteiger partial charge in [0.25, 0.3) is 5.91 Å². The quantitative estimate of drug-likeness (QED) is 0.485. The molecule has 164 valence electrons. The number of anilines is 1. The molecule has 7 nitrogen and oxygen atoms in total. The van der Waals surface area contributed by atoms with Crippen LogP contribution in [0.1, 0.15) is 53.3 Å². The Morgan fingerprint density at radius 2 is 2.00 bits per heavy atom. The number of rotatable bonds is 4. The number of carbonyl (C=O) groups excluding carboxylic acids is 3. The van der Waals surface area contributed by atoms with Gasteiger partial charge in [-0.1, -0.05) is 23.7 Å². The number of benzene rings is 2. The highest BCUT2D eigenvalue weighted by atomic mass is 35.5. The summed E-state index contributed by atoms with van der Waals surface area (Å²) in [5.74, 6) is -0.787. The molecule has 0 saturated carbocycles. The Morgan fingerprint density at radius 3 is 2.88 bits per heavy atom. The van der Waals surface area contributed by atoms with Gasteiger partial charge in [0.2, 0.25) is 11.8 Å². The van der Waals surface area contributed by atoms with Gasteiger partial charge in [-0.15, -0.1) is 0 Å². The molecule has 5 rings (SSSR count). The van der Waals surface area contributed by atoms with Crippen LogP contribution >= 0.6 is 11.6 Å². The van der Waals surface area contributed by atoms with Crippen LogP contribution in [-0.2, 0) is 16.0 Å². The first kappa shape index (κ1) is 20.6. The lowest BCUT2D eigenvalue weighted by Gasteiger charge is -2.24. The van der Waals surface area contributed by atoms with E-state index in [1.807, 2.05) is 18.2 Å². The van der Waals surface area contributed by atoms with Crippen molar-refractivity contribution < 1.29 is 14.4 Å². The van der Waals surface area contributed by atoms with Gasteiger partial charge in [0, 0.05) is 28.0 Å². The van der Waals surface area contributed by atoms with Crippen molar-refractivity contribution in [3.8, 4) is 0 Å². The van der Waals surface area contributed by atoms with E-state index in [4.69, 9.17) is 11.6 Å². The molecule has 0 spiro atoms. The summed E-state index contributed by atoms with van der Waals surface area (Å²) in [4.78, 5) is 41.2. The van der Waals surface area contributed by atoms with Gasteiger partial charge in [-0.05, 0) is 61.6 Å². The highest BCUT2D eigenvalue weighted by molar-refractivity contribution is 6.31. The van der Waals surface area contributed by atoms with Crippen LogP contribution in [0.2, 0.25) is 5.02 Å². The highest BCUT2D eigenvalue weighted by Gasteiger charge is 2.29. The standard InChI is InChI=1S/C24H23ClN4O3/c25-13-8-9-18-16(12-13)14-5-3-7-19(22(14)27-18)26-21(30)11-10-20-24(32)28-17-6-2-1-4-15(17)23(31)29-20/h1-2,4,6,8-9,12,19-20,27H,3,5,7,10-11H2,(H,26,30)(H,28,32)(H,29,31)/t19?,20-/m0/s1. The van der Waals surface area contributed by atoms with E-state index in [1.54, 1.807) is 24.3 Å². The number of halogens is 1. The number of fused-ring (bicyclic) bond motifs is 4. The third kappa shape index (κ3) is 3.84. The molecule has 0 saturated heterocycles. The van der Waals surface area contributed by atoms with Crippen molar-refractivity contribution in [2.24, 2.45) is 0 Å². The maximum Gasteiger partial charge on any atom is 0.254 e. The lowest BCUT2D eigenvalue weighted by Crippen LogP contribution is -2.42. The SMILES string of the molecule is O=C(CC[C@@H]1NC(=O)c2ccccc2NC1=O)NC1CCCc2c1[nH]c1ccc(Cl)cc21. The Balaban J connectivity index is 1.25. The van der Waals surface area contributed by atoms with Crippen molar-refractivity contribution in [3.63, 3.8) is 0 Å². The Hall–Kier alpha value is -3.32. The number of para-hydroxylation sites is 1. The number of H-pyrrole nitrogens is 1. The van der Waals surface area contributed by atoms with Crippen LogP contribution in [0.3, 0.4) is 0 Å².